The molecule has 0 unspecified atom stereocenters. The van der Waals surface area contributed by atoms with Crippen molar-refractivity contribution < 1.29 is 46.6 Å². The van der Waals surface area contributed by atoms with Gasteiger partial charge in [-0.2, -0.15) is 0 Å². The topological polar surface area (TPSA) is 146 Å². The highest BCUT2D eigenvalue weighted by atomic mass is 31.2. The Labute approximate surface area is 294 Å². The van der Waals surface area contributed by atoms with Crippen molar-refractivity contribution >= 4 is 27.6 Å². The lowest BCUT2D eigenvalue weighted by Gasteiger charge is -2.12. The summed E-state index contributed by atoms with van der Waals surface area (Å²) in [4.78, 5) is 38.5. The molecule has 0 saturated carbocycles. The van der Waals surface area contributed by atoms with E-state index in [1.54, 1.807) is 0 Å². The summed E-state index contributed by atoms with van der Waals surface area (Å²) in [5, 5.41) is 0. The Kier molecular flexibility index (Phi) is 37.1. The standard InChI is InChI=1S/C32H67O4P.C4H7O6P/c1-3-5-7-9-11-13-15-17-19-21-23-25-27-29-31-35-37(33,34)36-32-30-28-26-24-22-20-18-16-14-12-10-8-6-4-2;1-3(5)9-11(7,8)10-4(2)6/h3-32H2,1-2H3,(H,33,34);1-2H3,(H,7,8). The van der Waals surface area contributed by atoms with Crippen LogP contribution in [0.15, 0.2) is 0 Å². The van der Waals surface area contributed by atoms with E-state index in [0.29, 0.717) is 13.2 Å². The Balaban J connectivity index is 0. The summed E-state index contributed by atoms with van der Waals surface area (Å²) in [5.41, 5.74) is 0. The fourth-order valence-electron chi connectivity index (χ4n) is 5.33. The maximum Gasteiger partial charge on any atom is 0.589 e. The summed E-state index contributed by atoms with van der Waals surface area (Å²) in [6.45, 7) is 7.04. The van der Waals surface area contributed by atoms with Gasteiger partial charge in [0, 0.05) is 13.8 Å². The van der Waals surface area contributed by atoms with E-state index in [1.165, 1.54) is 154 Å². The summed E-state index contributed by atoms with van der Waals surface area (Å²) in [6, 6.07) is 0. The van der Waals surface area contributed by atoms with E-state index in [-0.39, 0.29) is 0 Å². The van der Waals surface area contributed by atoms with Gasteiger partial charge in [-0.3, -0.25) is 23.5 Å². The van der Waals surface area contributed by atoms with Gasteiger partial charge in [0.2, 0.25) is 0 Å². The molecule has 0 atom stereocenters. The monoisotopic (exact) mass is 728 g/mol. The van der Waals surface area contributed by atoms with Crippen LogP contribution in [0.3, 0.4) is 0 Å². The molecule has 0 rings (SSSR count). The third-order valence-corrected chi connectivity index (χ3v) is 9.99. The van der Waals surface area contributed by atoms with E-state index in [9.17, 15) is 23.6 Å². The van der Waals surface area contributed by atoms with Crippen molar-refractivity contribution in [1.29, 1.82) is 0 Å². The number of carbonyl (C=O) groups is 2. The third-order valence-electron chi connectivity index (χ3n) is 7.99. The van der Waals surface area contributed by atoms with Crippen LogP contribution in [0, 0.1) is 0 Å². The third kappa shape index (κ3) is 43.3. The Morgan fingerprint density at radius 1 is 0.396 bits per heavy atom. The first-order chi connectivity index (χ1) is 23.0. The zero-order chi connectivity index (χ0) is 36.2. The predicted octanol–water partition coefficient (Wildman–Crippen LogP) is 12.3. The highest BCUT2D eigenvalue weighted by Gasteiger charge is 2.27. The van der Waals surface area contributed by atoms with E-state index in [2.05, 4.69) is 22.9 Å². The molecule has 0 aromatic rings. The second-order valence-electron chi connectivity index (χ2n) is 13.0. The van der Waals surface area contributed by atoms with Gasteiger partial charge in [-0.1, -0.05) is 181 Å². The van der Waals surface area contributed by atoms with E-state index >= 15 is 0 Å². The van der Waals surface area contributed by atoms with Crippen LogP contribution in [0.4, 0.5) is 0 Å². The molecule has 0 saturated heterocycles. The number of unbranched alkanes of at least 4 members (excludes halogenated alkanes) is 26. The van der Waals surface area contributed by atoms with Gasteiger partial charge in [0.15, 0.2) is 0 Å². The number of rotatable bonds is 34. The summed E-state index contributed by atoms with van der Waals surface area (Å²) >= 11 is 0. The second-order valence-corrected chi connectivity index (χ2v) is 15.7. The zero-order valence-electron chi connectivity index (χ0n) is 31.3. The highest BCUT2D eigenvalue weighted by molar-refractivity contribution is 7.48. The van der Waals surface area contributed by atoms with Gasteiger partial charge in [0.25, 0.3) is 0 Å². The minimum absolute atomic E-state index is 0.324. The van der Waals surface area contributed by atoms with E-state index in [4.69, 9.17) is 13.9 Å². The minimum Gasteiger partial charge on any atom is -0.362 e. The molecule has 2 N–H and O–H groups in total. The summed E-state index contributed by atoms with van der Waals surface area (Å²) in [7, 11) is -8.37. The quantitative estimate of drug-likeness (QED) is 0.0485. The van der Waals surface area contributed by atoms with Gasteiger partial charge in [0.05, 0.1) is 13.2 Å². The van der Waals surface area contributed by atoms with Crippen molar-refractivity contribution in [1.82, 2.24) is 0 Å². The van der Waals surface area contributed by atoms with Crippen molar-refractivity contribution in [2.45, 2.75) is 207 Å². The molecule has 0 amide bonds. The smallest absolute Gasteiger partial charge is 0.362 e. The number of carbonyl (C=O) groups excluding carboxylic acids is 2. The lowest BCUT2D eigenvalue weighted by atomic mass is 10.0. The molecular formula is C36H74O10P2. The number of phosphoric acid groups is 2. The van der Waals surface area contributed by atoms with Gasteiger partial charge >= 0.3 is 27.6 Å². The molecule has 0 fully saturated rings. The van der Waals surface area contributed by atoms with Crippen molar-refractivity contribution in [3.63, 3.8) is 0 Å². The molecule has 0 aromatic heterocycles. The zero-order valence-corrected chi connectivity index (χ0v) is 33.1. The predicted molar refractivity (Wildman–Crippen MR) is 196 cm³/mol. The van der Waals surface area contributed by atoms with Crippen LogP contribution in [0.5, 0.6) is 0 Å². The van der Waals surface area contributed by atoms with Gasteiger partial charge < -0.3 is 13.9 Å². The van der Waals surface area contributed by atoms with Crippen LogP contribution in [0.1, 0.15) is 207 Å². The lowest BCUT2D eigenvalue weighted by Crippen LogP contribution is -2.02. The van der Waals surface area contributed by atoms with Crippen LogP contribution < -0.4 is 0 Å². The molecule has 0 aromatic carbocycles. The van der Waals surface area contributed by atoms with E-state index in [1.807, 2.05) is 0 Å². The van der Waals surface area contributed by atoms with Crippen LogP contribution in [0.25, 0.3) is 0 Å². The molecular weight excluding hydrogens is 654 g/mol. The fraction of sp³-hybridized carbons (Fsp3) is 0.944. The summed E-state index contributed by atoms with van der Waals surface area (Å²) < 4.78 is 40.3. The average molecular weight is 729 g/mol. The Morgan fingerprint density at radius 2 is 0.604 bits per heavy atom. The molecule has 0 aliphatic rings. The molecule has 0 aliphatic heterocycles. The Hall–Kier alpha value is -0.760. The van der Waals surface area contributed by atoms with E-state index in [0.717, 1.165) is 39.5 Å². The first-order valence-electron chi connectivity index (χ1n) is 19.3. The first kappa shape index (κ1) is 49.4. The van der Waals surface area contributed by atoms with Crippen molar-refractivity contribution in [2.75, 3.05) is 13.2 Å². The Bertz CT molecular complexity index is 767. The van der Waals surface area contributed by atoms with Crippen molar-refractivity contribution in [3.05, 3.63) is 0 Å². The number of phosphoric ester groups is 2. The van der Waals surface area contributed by atoms with E-state index < -0.39 is 27.6 Å². The normalized spacial score (nSPS) is 11.6. The van der Waals surface area contributed by atoms with Gasteiger partial charge in [-0.25, -0.2) is 9.13 Å². The molecule has 288 valence electrons. The SMILES string of the molecule is CC(=O)OP(=O)(O)OC(C)=O.CCCCCCCCCCCCCCCCOP(=O)(O)OCCCCCCCCCCCCCCCC. The maximum atomic E-state index is 12.0. The molecule has 0 bridgehead atoms. The number of hydrogen-bond donors (Lipinski definition) is 2. The maximum absolute atomic E-state index is 12.0. The second kappa shape index (κ2) is 36.0. The van der Waals surface area contributed by atoms with Crippen molar-refractivity contribution in [3.8, 4) is 0 Å². The van der Waals surface area contributed by atoms with Gasteiger partial charge in [-0.15, -0.1) is 0 Å². The van der Waals surface area contributed by atoms with Crippen LogP contribution in [0.2, 0.25) is 0 Å². The highest BCUT2D eigenvalue weighted by Crippen LogP contribution is 2.44. The molecule has 10 nitrogen and oxygen atoms in total. The van der Waals surface area contributed by atoms with Gasteiger partial charge in [0.1, 0.15) is 0 Å². The minimum atomic E-state index is -4.50. The van der Waals surface area contributed by atoms with Crippen LogP contribution in [-0.4, -0.2) is 34.9 Å². The molecule has 12 heteroatoms. The van der Waals surface area contributed by atoms with Crippen molar-refractivity contribution in [2.24, 2.45) is 0 Å². The molecule has 0 radical (unpaired) electrons. The Morgan fingerprint density at radius 3 is 0.812 bits per heavy atom. The van der Waals surface area contributed by atoms with Crippen LogP contribution >= 0.6 is 15.6 Å². The van der Waals surface area contributed by atoms with Gasteiger partial charge in [-0.05, 0) is 12.8 Å². The largest absolute Gasteiger partial charge is 0.589 e. The van der Waals surface area contributed by atoms with Crippen LogP contribution in [-0.2, 0) is 36.8 Å². The summed E-state index contributed by atoms with van der Waals surface area (Å²) in [6.07, 6.45) is 36.4. The number of hydrogen-bond acceptors (Lipinski definition) is 8. The average Bonchev–Trinajstić information content (AvgIpc) is 3.00. The fourth-order valence-corrected chi connectivity index (χ4v) is 6.82. The summed E-state index contributed by atoms with van der Waals surface area (Å²) in [5.74, 6) is -1.98. The molecule has 0 aliphatic carbocycles. The lowest BCUT2D eigenvalue weighted by molar-refractivity contribution is -0.137. The molecule has 0 heterocycles. The molecule has 0 spiro atoms. The first-order valence-corrected chi connectivity index (χ1v) is 22.3. The molecule has 48 heavy (non-hydrogen) atoms.